The van der Waals surface area contributed by atoms with Gasteiger partial charge in [0.2, 0.25) is 0 Å². The zero-order valence-electron chi connectivity index (χ0n) is 18.0. The van der Waals surface area contributed by atoms with Crippen molar-refractivity contribution < 1.29 is 28.9 Å². The van der Waals surface area contributed by atoms with Gasteiger partial charge in [0.15, 0.2) is 5.75 Å². The molecule has 0 saturated heterocycles. The Morgan fingerprint density at radius 1 is 0.818 bits per heavy atom. The molecule has 0 aliphatic rings. The van der Waals surface area contributed by atoms with Crippen LogP contribution in [0.2, 0.25) is 0 Å². The molecule has 0 radical (unpaired) electrons. The quantitative estimate of drug-likeness (QED) is 0.406. The Labute approximate surface area is 190 Å². The zero-order valence-corrected chi connectivity index (χ0v) is 18.0. The zero-order chi connectivity index (χ0) is 23.4. The van der Waals surface area contributed by atoms with E-state index in [9.17, 15) is 14.7 Å². The van der Waals surface area contributed by atoms with Crippen molar-refractivity contribution in [1.29, 1.82) is 0 Å². The fraction of sp³-hybridized carbons (Fsp3) is 0.115. The van der Waals surface area contributed by atoms with E-state index in [1.54, 1.807) is 12.1 Å². The fourth-order valence-electron chi connectivity index (χ4n) is 3.78. The van der Waals surface area contributed by atoms with Crippen LogP contribution in [0.15, 0.2) is 79.0 Å². The Balaban J connectivity index is 2.04. The Kier molecular flexibility index (Phi) is 6.22. The van der Waals surface area contributed by atoms with Gasteiger partial charge in [-0.3, -0.25) is 4.98 Å². The molecule has 0 spiro atoms. The van der Waals surface area contributed by atoms with Crippen LogP contribution in [0.3, 0.4) is 0 Å². The van der Waals surface area contributed by atoms with Crippen LogP contribution in [-0.2, 0) is 4.74 Å². The standard InChI is InChI=1S/C26H21NO6/c1-31-23-18-14-9-15-27-21(18)24(19(25(28)29)20(23)26(30)32-2)33-22(16-10-5-3-6-11-16)17-12-7-4-8-13-17/h3-15,22H,1-2H3,(H,28,29). The lowest BCUT2D eigenvalue weighted by molar-refractivity contribution is 0.0576. The van der Waals surface area contributed by atoms with E-state index < -0.39 is 18.0 Å². The monoisotopic (exact) mass is 443 g/mol. The number of methoxy groups -OCH3 is 2. The van der Waals surface area contributed by atoms with E-state index in [1.165, 1.54) is 20.4 Å². The van der Waals surface area contributed by atoms with Gasteiger partial charge in [-0.05, 0) is 23.3 Å². The summed E-state index contributed by atoms with van der Waals surface area (Å²) in [4.78, 5) is 29.5. The highest BCUT2D eigenvalue weighted by Gasteiger charge is 2.33. The van der Waals surface area contributed by atoms with Crippen LogP contribution in [0, 0.1) is 0 Å². The number of carbonyl (C=O) groups is 2. The molecule has 1 heterocycles. The number of carbonyl (C=O) groups excluding carboxylic acids is 1. The van der Waals surface area contributed by atoms with Crippen LogP contribution in [-0.4, -0.2) is 36.2 Å². The van der Waals surface area contributed by atoms with Gasteiger partial charge in [-0.2, -0.15) is 0 Å². The first-order valence-electron chi connectivity index (χ1n) is 10.1. The minimum Gasteiger partial charge on any atom is -0.495 e. The number of hydrogen-bond acceptors (Lipinski definition) is 6. The summed E-state index contributed by atoms with van der Waals surface area (Å²) >= 11 is 0. The number of aromatic carboxylic acids is 1. The van der Waals surface area contributed by atoms with Crippen LogP contribution >= 0.6 is 0 Å². The maximum atomic E-state index is 12.7. The topological polar surface area (TPSA) is 95.0 Å². The lowest BCUT2D eigenvalue weighted by Crippen LogP contribution is -2.17. The number of ether oxygens (including phenoxy) is 3. The highest BCUT2D eigenvalue weighted by atomic mass is 16.5. The molecule has 166 valence electrons. The van der Waals surface area contributed by atoms with E-state index in [1.807, 2.05) is 60.7 Å². The van der Waals surface area contributed by atoms with E-state index in [4.69, 9.17) is 14.2 Å². The Bertz CT molecular complexity index is 1270. The molecular weight excluding hydrogens is 422 g/mol. The minimum absolute atomic E-state index is 0.0444. The third-order valence-electron chi connectivity index (χ3n) is 5.22. The third kappa shape index (κ3) is 4.08. The summed E-state index contributed by atoms with van der Waals surface area (Å²) in [5.41, 5.74) is 1.26. The summed E-state index contributed by atoms with van der Waals surface area (Å²) in [5.74, 6) is -2.20. The van der Waals surface area contributed by atoms with E-state index in [0.717, 1.165) is 11.1 Å². The summed E-state index contributed by atoms with van der Waals surface area (Å²) in [6.45, 7) is 0. The first-order valence-corrected chi connectivity index (χ1v) is 10.1. The highest BCUT2D eigenvalue weighted by molar-refractivity contribution is 6.13. The number of nitrogens with zero attached hydrogens (tertiary/aromatic N) is 1. The van der Waals surface area contributed by atoms with Gasteiger partial charge in [0, 0.05) is 11.6 Å². The molecule has 4 rings (SSSR count). The third-order valence-corrected chi connectivity index (χ3v) is 5.22. The number of carboxylic acid groups (broad SMARTS) is 1. The van der Waals surface area contributed by atoms with Gasteiger partial charge >= 0.3 is 11.9 Å². The molecule has 7 nitrogen and oxygen atoms in total. The van der Waals surface area contributed by atoms with Crippen molar-refractivity contribution in [2.24, 2.45) is 0 Å². The largest absolute Gasteiger partial charge is 0.495 e. The lowest BCUT2D eigenvalue weighted by Gasteiger charge is -2.24. The Hall–Kier alpha value is -4.39. The molecule has 0 aliphatic carbocycles. The van der Waals surface area contributed by atoms with Gasteiger partial charge in [-0.1, -0.05) is 60.7 Å². The number of esters is 1. The molecular formula is C26H21NO6. The van der Waals surface area contributed by atoms with Gasteiger partial charge < -0.3 is 19.3 Å². The second kappa shape index (κ2) is 9.40. The summed E-state index contributed by atoms with van der Waals surface area (Å²) in [6.07, 6.45) is 0.868. The Morgan fingerprint density at radius 3 is 1.94 bits per heavy atom. The summed E-state index contributed by atoms with van der Waals surface area (Å²) in [6, 6.07) is 22.2. The molecule has 0 saturated carbocycles. The molecule has 0 aliphatic heterocycles. The average molecular weight is 443 g/mol. The number of benzene rings is 3. The smallest absolute Gasteiger partial charge is 0.342 e. The summed E-state index contributed by atoms with van der Waals surface area (Å²) in [5, 5.41) is 10.6. The van der Waals surface area contributed by atoms with Crippen molar-refractivity contribution in [3.8, 4) is 11.5 Å². The van der Waals surface area contributed by atoms with E-state index in [2.05, 4.69) is 4.98 Å². The van der Waals surface area contributed by atoms with Gasteiger partial charge in [-0.15, -0.1) is 0 Å². The number of hydrogen-bond donors (Lipinski definition) is 1. The molecule has 0 atom stereocenters. The SMILES string of the molecule is COC(=O)c1c(C(=O)O)c(OC(c2ccccc2)c2ccccc2)c2ncccc2c1OC. The van der Waals surface area contributed by atoms with Gasteiger partial charge in [0.1, 0.15) is 28.5 Å². The molecule has 0 bridgehead atoms. The van der Waals surface area contributed by atoms with Crippen molar-refractivity contribution in [2.75, 3.05) is 14.2 Å². The molecule has 0 amide bonds. The molecule has 33 heavy (non-hydrogen) atoms. The second-order valence-corrected chi connectivity index (χ2v) is 7.13. The number of fused-ring (bicyclic) bond motifs is 1. The second-order valence-electron chi connectivity index (χ2n) is 7.13. The van der Waals surface area contributed by atoms with Crippen molar-refractivity contribution in [1.82, 2.24) is 4.98 Å². The molecule has 0 unspecified atom stereocenters. The van der Waals surface area contributed by atoms with E-state index >= 15 is 0 Å². The number of aromatic nitrogens is 1. The molecule has 1 N–H and O–H groups in total. The van der Waals surface area contributed by atoms with Gasteiger partial charge in [0.05, 0.1) is 14.2 Å². The molecule has 3 aromatic carbocycles. The van der Waals surface area contributed by atoms with E-state index in [-0.39, 0.29) is 28.1 Å². The van der Waals surface area contributed by atoms with Crippen molar-refractivity contribution in [3.05, 3.63) is 101 Å². The van der Waals surface area contributed by atoms with Crippen molar-refractivity contribution >= 4 is 22.8 Å². The lowest BCUT2D eigenvalue weighted by atomic mass is 9.98. The molecule has 7 heteroatoms. The van der Waals surface area contributed by atoms with Gasteiger partial charge in [0.25, 0.3) is 0 Å². The maximum Gasteiger partial charge on any atom is 0.342 e. The molecule has 0 fully saturated rings. The number of pyridine rings is 1. The number of rotatable bonds is 7. The molecule has 1 aromatic heterocycles. The first kappa shape index (κ1) is 21.8. The van der Waals surface area contributed by atoms with Crippen LogP contribution in [0.1, 0.15) is 37.9 Å². The maximum absolute atomic E-state index is 12.7. The summed E-state index contributed by atoms with van der Waals surface area (Å²) in [7, 11) is 2.54. The normalized spacial score (nSPS) is 10.8. The van der Waals surface area contributed by atoms with Crippen LogP contribution in [0.25, 0.3) is 10.9 Å². The minimum atomic E-state index is -1.36. The van der Waals surface area contributed by atoms with Gasteiger partial charge in [-0.25, -0.2) is 9.59 Å². The predicted molar refractivity (Wildman–Crippen MR) is 122 cm³/mol. The first-order chi connectivity index (χ1) is 16.1. The Morgan fingerprint density at radius 2 is 1.42 bits per heavy atom. The summed E-state index contributed by atoms with van der Waals surface area (Å²) < 4.78 is 16.8. The molecule has 4 aromatic rings. The van der Waals surface area contributed by atoms with E-state index in [0.29, 0.717) is 5.39 Å². The van der Waals surface area contributed by atoms with Crippen LogP contribution in [0.5, 0.6) is 11.5 Å². The fourth-order valence-corrected chi connectivity index (χ4v) is 3.78. The number of carboxylic acids is 1. The van der Waals surface area contributed by atoms with Crippen molar-refractivity contribution in [2.45, 2.75) is 6.10 Å². The highest BCUT2D eigenvalue weighted by Crippen LogP contribution is 2.42. The van der Waals surface area contributed by atoms with Crippen LogP contribution < -0.4 is 9.47 Å². The van der Waals surface area contributed by atoms with Crippen molar-refractivity contribution in [3.63, 3.8) is 0 Å². The van der Waals surface area contributed by atoms with Crippen LogP contribution in [0.4, 0.5) is 0 Å². The average Bonchev–Trinajstić information content (AvgIpc) is 2.86. The predicted octanol–water partition coefficient (Wildman–Crippen LogP) is 4.90.